The second kappa shape index (κ2) is 14.7. The standard InChI is InChI=1S/C35H46O10/c1-19(12-22-13-25(36-4)33(42-10)26(14-22)37-5)44-35-29(40-8)17-24(18-30(35)41-9)32-21(3)20(2)31(45-32)23-15-27(38-6)34(43-11)28(16-23)39-7/h13-21,31-32H,12H2,1-11H3/t19-,20+,21+,31-,32+/m0/s1. The van der Waals surface area contributed by atoms with E-state index >= 15 is 0 Å². The van der Waals surface area contributed by atoms with Gasteiger partial charge < -0.3 is 47.4 Å². The van der Waals surface area contributed by atoms with Crippen molar-refractivity contribution < 1.29 is 47.4 Å². The number of hydrogen-bond acceptors (Lipinski definition) is 10. The average Bonchev–Trinajstić information content (AvgIpc) is 3.36. The zero-order chi connectivity index (χ0) is 32.8. The monoisotopic (exact) mass is 626 g/mol. The number of hydrogen-bond donors (Lipinski definition) is 0. The summed E-state index contributed by atoms with van der Waals surface area (Å²) in [5, 5.41) is 0. The van der Waals surface area contributed by atoms with Gasteiger partial charge >= 0.3 is 0 Å². The van der Waals surface area contributed by atoms with E-state index in [9.17, 15) is 0 Å². The first kappa shape index (κ1) is 33.7. The summed E-state index contributed by atoms with van der Waals surface area (Å²) >= 11 is 0. The Balaban J connectivity index is 1.61. The van der Waals surface area contributed by atoms with Crippen LogP contribution in [0.5, 0.6) is 51.7 Å². The minimum atomic E-state index is -0.243. The summed E-state index contributed by atoms with van der Waals surface area (Å²) in [4.78, 5) is 0. The van der Waals surface area contributed by atoms with Gasteiger partial charge in [0, 0.05) is 6.42 Å². The summed E-state index contributed by atoms with van der Waals surface area (Å²) in [5.74, 6) is 5.42. The van der Waals surface area contributed by atoms with Gasteiger partial charge in [-0.3, -0.25) is 0 Å². The first-order chi connectivity index (χ1) is 21.7. The molecule has 246 valence electrons. The van der Waals surface area contributed by atoms with Crippen LogP contribution >= 0.6 is 0 Å². The zero-order valence-corrected chi connectivity index (χ0v) is 28.1. The Hall–Kier alpha value is -4.18. The van der Waals surface area contributed by atoms with Crippen molar-refractivity contribution >= 4 is 0 Å². The molecule has 0 radical (unpaired) electrons. The Morgan fingerprint density at radius 3 is 1.18 bits per heavy atom. The van der Waals surface area contributed by atoms with Crippen LogP contribution in [0.15, 0.2) is 36.4 Å². The number of ether oxygens (including phenoxy) is 10. The van der Waals surface area contributed by atoms with Crippen molar-refractivity contribution in [1.29, 1.82) is 0 Å². The fourth-order valence-electron chi connectivity index (χ4n) is 6.00. The maximum atomic E-state index is 6.75. The highest BCUT2D eigenvalue weighted by atomic mass is 16.6. The van der Waals surface area contributed by atoms with Crippen LogP contribution in [0.25, 0.3) is 0 Å². The normalized spacial score (nSPS) is 19.8. The van der Waals surface area contributed by atoms with E-state index in [2.05, 4.69) is 13.8 Å². The van der Waals surface area contributed by atoms with E-state index in [0.29, 0.717) is 58.2 Å². The lowest BCUT2D eigenvalue weighted by atomic mass is 9.85. The quantitative estimate of drug-likeness (QED) is 0.189. The molecule has 0 amide bonds. The maximum Gasteiger partial charge on any atom is 0.203 e. The molecule has 10 heteroatoms. The van der Waals surface area contributed by atoms with Crippen LogP contribution in [0.1, 0.15) is 49.7 Å². The highest BCUT2D eigenvalue weighted by Crippen LogP contribution is 2.53. The van der Waals surface area contributed by atoms with Gasteiger partial charge in [-0.05, 0) is 71.8 Å². The third-order valence-corrected chi connectivity index (χ3v) is 8.47. The number of benzene rings is 3. The summed E-state index contributed by atoms with van der Waals surface area (Å²) in [7, 11) is 12.8. The predicted molar refractivity (Wildman–Crippen MR) is 170 cm³/mol. The lowest BCUT2D eigenvalue weighted by Gasteiger charge is -2.23. The first-order valence-corrected chi connectivity index (χ1v) is 14.8. The molecule has 3 aromatic carbocycles. The average molecular weight is 627 g/mol. The van der Waals surface area contributed by atoms with Crippen molar-refractivity contribution in [2.24, 2.45) is 11.8 Å². The van der Waals surface area contributed by atoms with E-state index in [1.54, 1.807) is 56.9 Å². The summed E-state index contributed by atoms with van der Waals surface area (Å²) in [6, 6.07) is 11.7. The third-order valence-electron chi connectivity index (χ3n) is 8.47. The number of rotatable bonds is 14. The molecule has 4 rings (SSSR count). The van der Waals surface area contributed by atoms with Gasteiger partial charge in [0.2, 0.25) is 17.2 Å². The smallest absolute Gasteiger partial charge is 0.203 e. The molecule has 0 aliphatic carbocycles. The Kier molecular flexibility index (Phi) is 11.0. The van der Waals surface area contributed by atoms with Crippen LogP contribution in [0, 0.1) is 11.8 Å². The Bertz CT molecular complexity index is 1380. The molecular formula is C35H46O10. The van der Waals surface area contributed by atoms with Crippen molar-refractivity contribution in [3.63, 3.8) is 0 Å². The van der Waals surface area contributed by atoms with Gasteiger partial charge in [0.1, 0.15) is 6.10 Å². The highest BCUT2D eigenvalue weighted by Gasteiger charge is 2.42. The molecule has 0 N–H and O–H groups in total. The van der Waals surface area contributed by atoms with Gasteiger partial charge in [0.25, 0.3) is 0 Å². The molecule has 1 aliphatic rings. The molecule has 0 spiro atoms. The van der Waals surface area contributed by atoms with Crippen LogP contribution in [-0.2, 0) is 11.2 Å². The molecule has 5 atom stereocenters. The predicted octanol–water partition coefficient (Wildman–Crippen LogP) is 6.85. The fourth-order valence-corrected chi connectivity index (χ4v) is 6.00. The molecular weight excluding hydrogens is 580 g/mol. The molecule has 1 saturated heterocycles. The maximum absolute atomic E-state index is 6.75. The molecule has 10 nitrogen and oxygen atoms in total. The van der Waals surface area contributed by atoms with Crippen LogP contribution in [0.3, 0.4) is 0 Å². The van der Waals surface area contributed by atoms with Gasteiger partial charge in [-0.1, -0.05) is 13.8 Å². The van der Waals surface area contributed by atoms with E-state index in [1.807, 2.05) is 43.3 Å². The summed E-state index contributed by atoms with van der Waals surface area (Å²) < 4.78 is 58.1. The molecule has 0 unspecified atom stereocenters. The Morgan fingerprint density at radius 2 is 0.844 bits per heavy atom. The largest absolute Gasteiger partial charge is 0.493 e. The highest BCUT2D eigenvalue weighted by molar-refractivity contribution is 5.57. The third kappa shape index (κ3) is 6.76. The molecule has 1 fully saturated rings. The molecule has 45 heavy (non-hydrogen) atoms. The lowest BCUT2D eigenvalue weighted by Crippen LogP contribution is -2.17. The van der Waals surface area contributed by atoms with Crippen LogP contribution in [-0.4, -0.2) is 63.0 Å². The molecule has 0 saturated carbocycles. The minimum Gasteiger partial charge on any atom is -0.493 e. The summed E-state index contributed by atoms with van der Waals surface area (Å²) in [5.41, 5.74) is 2.85. The lowest BCUT2D eigenvalue weighted by molar-refractivity contribution is 0.0285. The molecule has 0 bridgehead atoms. The zero-order valence-electron chi connectivity index (χ0n) is 28.1. The van der Waals surface area contributed by atoms with Gasteiger partial charge in [-0.15, -0.1) is 0 Å². The van der Waals surface area contributed by atoms with Crippen molar-refractivity contribution in [3.8, 4) is 51.7 Å². The van der Waals surface area contributed by atoms with E-state index in [4.69, 9.17) is 47.4 Å². The van der Waals surface area contributed by atoms with Gasteiger partial charge in [-0.2, -0.15) is 0 Å². The van der Waals surface area contributed by atoms with Crippen molar-refractivity contribution in [1.82, 2.24) is 0 Å². The second-order valence-corrected chi connectivity index (χ2v) is 11.1. The van der Waals surface area contributed by atoms with Crippen molar-refractivity contribution in [3.05, 3.63) is 53.1 Å². The van der Waals surface area contributed by atoms with E-state index in [-0.39, 0.29) is 30.1 Å². The Labute approximate surface area is 266 Å². The second-order valence-electron chi connectivity index (χ2n) is 11.1. The summed E-state index contributed by atoms with van der Waals surface area (Å²) in [6.07, 6.45) is -0.100. The molecule has 1 aliphatic heterocycles. The number of methoxy groups -OCH3 is 8. The fraction of sp³-hybridized carbons (Fsp3) is 0.486. The minimum absolute atomic E-state index is 0.175. The van der Waals surface area contributed by atoms with Gasteiger partial charge in [0.05, 0.1) is 69.1 Å². The molecule has 1 heterocycles. The van der Waals surface area contributed by atoms with Crippen LogP contribution < -0.4 is 42.6 Å². The van der Waals surface area contributed by atoms with Crippen molar-refractivity contribution in [2.75, 3.05) is 56.9 Å². The molecule has 3 aromatic rings. The van der Waals surface area contributed by atoms with Gasteiger partial charge in [0.15, 0.2) is 34.5 Å². The topological polar surface area (TPSA) is 92.3 Å². The summed E-state index contributed by atoms with van der Waals surface area (Å²) in [6.45, 7) is 6.37. The van der Waals surface area contributed by atoms with E-state index in [0.717, 1.165) is 16.7 Å². The van der Waals surface area contributed by atoms with Crippen molar-refractivity contribution in [2.45, 2.75) is 45.5 Å². The van der Waals surface area contributed by atoms with Gasteiger partial charge in [-0.25, -0.2) is 0 Å². The Morgan fingerprint density at radius 1 is 0.511 bits per heavy atom. The SMILES string of the molecule is COc1cc(C[C@H](C)Oc2c(OC)cc([C@@H]3O[C@H](c4cc(OC)c(OC)c(OC)c4)[C@H](C)[C@H]3C)cc2OC)cc(OC)c1OC. The van der Waals surface area contributed by atoms with Crippen LogP contribution in [0.2, 0.25) is 0 Å². The first-order valence-electron chi connectivity index (χ1n) is 14.8. The van der Waals surface area contributed by atoms with E-state index in [1.165, 1.54) is 0 Å². The molecule has 0 aromatic heterocycles. The van der Waals surface area contributed by atoms with E-state index < -0.39 is 0 Å². The van der Waals surface area contributed by atoms with Crippen LogP contribution in [0.4, 0.5) is 0 Å².